The van der Waals surface area contributed by atoms with Crippen molar-refractivity contribution in [2.45, 2.75) is 24.8 Å². The van der Waals surface area contributed by atoms with Crippen molar-refractivity contribution in [3.8, 4) is 0 Å². The largest absolute Gasteiger partial charge is 0.367 e. The minimum atomic E-state index is -3.92. The van der Waals surface area contributed by atoms with E-state index in [1.54, 1.807) is 12.1 Å². The topological polar surface area (TPSA) is 86.5 Å². The van der Waals surface area contributed by atoms with Gasteiger partial charge in [-0.1, -0.05) is 17.7 Å². The number of carbonyl (C=O) groups is 1. The van der Waals surface area contributed by atoms with Crippen LogP contribution < -0.4 is 5.73 Å². The van der Waals surface area contributed by atoms with Crippen molar-refractivity contribution < 1.29 is 17.4 Å². The van der Waals surface area contributed by atoms with Crippen LogP contribution in [0.3, 0.4) is 0 Å². The summed E-state index contributed by atoms with van der Waals surface area (Å²) in [4.78, 5) is 10.7. The molecule has 0 bridgehead atoms. The third-order valence-corrected chi connectivity index (χ3v) is 3.37. The number of hydrogen-bond donors (Lipinski definition) is 1. The van der Waals surface area contributed by atoms with Gasteiger partial charge in [-0.15, -0.1) is 0 Å². The van der Waals surface area contributed by atoms with E-state index in [1.165, 1.54) is 19.1 Å². The highest BCUT2D eigenvalue weighted by Gasteiger charge is 2.21. The van der Waals surface area contributed by atoms with Crippen molar-refractivity contribution in [1.29, 1.82) is 0 Å². The number of primary amides is 1. The van der Waals surface area contributed by atoms with Gasteiger partial charge in [0.2, 0.25) is 5.91 Å². The normalized spacial score (nSPS) is 13.4. The SMILES string of the molecule is Cc1ccc(S(=O)(=O)O[C@H](C)C(N)=O)cc1. The fourth-order valence-electron chi connectivity index (χ4n) is 0.998. The lowest BCUT2D eigenvalue weighted by Crippen LogP contribution is -2.30. The number of rotatable bonds is 4. The van der Waals surface area contributed by atoms with Gasteiger partial charge in [0.15, 0.2) is 6.10 Å². The van der Waals surface area contributed by atoms with Crippen LogP contribution in [0.4, 0.5) is 0 Å². The zero-order valence-electron chi connectivity index (χ0n) is 9.01. The standard InChI is InChI=1S/C10H13NO4S/c1-7-3-5-9(6-4-7)16(13,14)15-8(2)10(11)12/h3-6,8H,1-2H3,(H2,11,12)/t8-/m1/s1. The van der Waals surface area contributed by atoms with E-state index in [0.717, 1.165) is 5.56 Å². The molecule has 0 saturated heterocycles. The molecule has 1 amide bonds. The first-order valence-electron chi connectivity index (χ1n) is 4.62. The molecule has 5 nitrogen and oxygen atoms in total. The Balaban J connectivity index is 2.94. The van der Waals surface area contributed by atoms with E-state index >= 15 is 0 Å². The summed E-state index contributed by atoms with van der Waals surface area (Å²) in [5.41, 5.74) is 5.85. The predicted octanol–water partition coefficient (Wildman–Crippen LogP) is 0.574. The molecule has 16 heavy (non-hydrogen) atoms. The number of aryl methyl sites for hydroxylation is 1. The fourth-order valence-corrected chi connectivity index (χ4v) is 2.05. The van der Waals surface area contributed by atoms with Gasteiger partial charge in [-0.05, 0) is 26.0 Å². The lowest BCUT2D eigenvalue weighted by atomic mass is 10.2. The number of hydrogen-bond acceptors (Lipinski definition) is 4. The van der Waals surface area contributed by atoms with E-state index in [0.29, 0.717) is 0 Å². The van der Waals surface area contributed by atoms with Crippen LogP contribution in [0, 0.1) is 6.92 Å². The van der Waals surface area contributed by atoms with Crippen LogP contribution in [0.15, 0.2) is 29.2 Å². The molecule has 1 rings (SSSR count). The highest BCUT2D eigenvalue weighted by molar-refractivity contribution is 7.86. The second kappa shape index (κ2) is 4.63. The van der Waals surface area contributed by atoms with Crippen molar-refractivity contribution in [3.63, 3.8) is 0 Å². The lowest BCUT2D eigenvalue weighted by Gasteiger charge is -2.09. The molecule has 0 unspecified atom stereocenters. The molecule has 0 aromatic heterocycles. The summed E-state index contributed by atoms with van der Waals surface area (Å²) in [7, 11) is -3.92. The molecule has 0 fully saturated rings. The maximum atomic E-state index is 11.6. The highest BCUT2D eigenvalue weighted by Crippen LogP contribution is 2.14. The van der Waals surface area contributed by atoms with Crippen molar-refractivity contribution in [1.82, 2.24) is 0 Å². The Morgan fingerprint density at radius 1 is 1.31 bits per heavy atom. The molecule has 0 saturated carbocycles. The van der Waals surface area contributed by atoms with Crippen LogP contribution in [-0.4, -0.2) is 20.4 Å². The third kappa shape index (κ3) is 3.04. The zero-order chi connectivity index (χ0) is 12.3. The molecule has 0 aliphatic rings. The molecular formula is C10H13NO4S. The minimum Gasteiger partial charge on any atom is -0.367 e. The van der Waals surface area contributed by atoms with E-state index in [4.69, 9.17) is 5.73 Å². The van der Waals surface area contributed by atoms with Crippen molar-refractivity contribution in [2.75, 3.05) is 0 Å². The van der Waals surface area contributed by atoms with E-state index in [1.807, 2.05) is 6.92 Å². The van der Waals surface area contributed by atoms with Crippen LogP contribution in [-0.2, 0) is 19.1 Å². The first-order valence-corrected chi connectivity index (χ1v) is 6.03. The van der Waals surface area contributed by atoms with Gasteiger partial charge in [0.05, 0.1) is 4.90 Å². The second-order valence-corrected chi connectivity index (χ2v) is 4.98. The second-order valence-electron chi connectivity index (χ2n) is 3.41. The van der Waals surface area contributed by atoms with Crippen LogP contribution in [0.5, 0.6) is 0 Å². The molecule has 0 spiro atoms. The molecule has 88 valence electrons. The number of nitrogens with two attached hydrogens (primary N) is 1. The Hall–Kier alpha value is -1.40. The predicted molar refractivity (Wildman–Crippen MR) is 58.1 cm³/mol. The summed E-state index contributed by atoms with van der Waals surface area (Å²) in [6, 6.07) is 6.12. The molecule has 2 N–H and O–H groups in total. The van der Waals surface area contributed by atoms with Gasteiger partial charge in [0.25, 0.3) is 10.1 Å². The van der Waals surface area contributed by atoms with Crippen LogP contribution in [0.25, 0.3) is 0 Å². The Morgan fingerprint density at radius 2 is 1.81 bits per heavy atom. The summed E-state index contributed by atoms with van der Waals surface area (Å²) in [6.45, 7) is 3.12. The summed E-state index contributed by atoms with van der Waals surface area (Å²) in [5, 5.41) is 0. The van der Waals surface area contributed by atoms with Gasteiger partial charge in [0, 0.05) is 0 Å². The average molecular weight is 243 g/mol. The van der Waals surface area contributed by atoms with Gasteiger partial charge in [-0.25, -0.2) is 0 Å². The molecule has 0 aliphatic carbocycles. The maximum Gasteiger partial charge on any atom is 0.297 e. The number of benzene rings is 1. The Bertz CT molecular complexity index is 478. The minimum absolute atomic E-state index is 0.00574. The summed E-state index contributed by atoms with van der Waals surface area (Å²) in [5.74, 6) is -0.823. The van der Waals surface area contributed by atoms with E-state index in [9.17, 15) is 13.2 Å². The third-order valence-electron chi connectivity index (χ3n) is 1.98. The van der Waals surface area contributed by atoms with E-state index in [-0.39, 0.29) is 4.90 Å². The number of carbonyl (C=O) groups excluding carboxylic acids is 1. The van der Waals surface area contributed by atoms with E-state index < -0.39 is 22.1 Å². The summed E-state index contributed by atoms with van der Waals surface area (Å²) < 4.78 is 27.9. The zero-order valence-corrected chi connectivity index (χ0v) is 9.82. The first kappa shape index (κ1) is 12.7. The molecule has 0 radical (unpaired) electrons. The van der Waals surface area contributed by atoms with Crippen LogP contribution in [0.1, 0.15) is 12.5 Å². The van der Waals surface area contributed by atoms with Crippen molar-refractivity contribution in [2.24, 2.45) is 5.73 Å². The van der Waals surface area contributed by atoms with Gasteiger partial charge < -0.3 is 5.73 Å². The quantitative estimate of drug-likeness (QED) is 0.783. The number of amides is 1. The lowest BCUT2D eigenvalue weighted by molar-refractivity contribution is -0.123. The van der Waals surface area contributed by atoms with E-state index in [2.05, 4.69) is 4.18 Å². The molecule has 0 heterocycles. The Kier molecular flexibility index (Phi) is 3.66. The van der Waals surface area contributed by atoms with Crippen LogP contribution in [0.2, 0.25) is 0 Å². The Morgan fingerprint density at radius 3 is 2.25 bits per heavy atom. The maximum absolute atomic E-state index is 11.6. The highest BCUT2D eigenvalue weighted by atomic mass is 32.2. The molecule has 1 aromatic carbocycles. The van der Waals surface area contributed by atoms with Crippen molar-refractivity contribution in [3.05, 3.63) is 29.8 Å². The summed E-state index contributed by atoms with van der Waals surface area (Å²) in [6.07, 6.45) is -1.17. The Labute approximate surface area is 94.3 Å². The smallest absolute Gasteiger partial charge is 0.297 e. The van der Waals surface area contributed by atoms with Gasteiger partial charge in [0.1, 0.15) is 0 Å². The summed E-state index contributed by atoms with van der Waals surface area (Å²) >= 11 is 0. The van der Waals surface area contributed by atoms with Crippen LogP contribution >= 0.6 is 0 Å². The van der Waals surface area contributed by atoms with Gasteiger partial charge in [-0.3, -0.25) is 8.98 Å². The molecule has 1 aromatic rings. The monoisotopic (exact) mass is 243 g/mol. The fraction of sp³-hybridized carbons (Fsp3) is 0.300. The van der Waals surface area contributed by atoms with Gasteiger partial charge >= 0.3 is 0 Å². The molecule has 1 atom stereocenters. The molecule has 6 heteroatoms. The first-order chi connectivity index (χ1) is 7.33. The van der Waals surface area contributed by atoms with Crippen molar-refractivity contribution >= 4 is 16.0 Å². The molecular weight excluding hydrogens is 230 g/mol. The molecule has 0 aliphatic heterocycles. The van der Waals surface area contributed by atoms with Gasteiger partial charge in [-0.2, -0.15) is 8.42 Å². The average Bonchev–Trinajstić information content (AvgIpc) is 2.17.